The summed E-state index contributed by atoms with van der Waals surface area (Å²) in [5, 5.41) is 2.60. The maximum absolute atomic E-state index is 11.8. The van der Waals surface area contributed by atoms with E-state index in [0.29, 0.717) is 13.1 Å². The van der Waals surface area contributed by atoms with E-state index in [4.69, 9.17) is 4.74 Å². The van der Waals surface area contributed by atoms with Gasteiger partial charge in [0.15, 0.2) is 0 Å². The Morgan fingerprint density at radius 2 is 2.17 bits per heavy atom. The molecule has 2 rings (SSSR count). The third-order valence-corrected chi connectivity index (χ3v) is 3.58. The summed E-state index contributed by atoms with van der Waals surface area (Å²) < 4.78 is 5.05. The van der Waals surface area contributed by atoms with Crippen molar-refractivity contribution in [1.82, 2.24) is 10.2 Å². The van der Waals surface area contributed by atoms with Gasteiger partial charge in [-0.1, -0.05) is 0 Å². The molecule has 1 aromatic rings. The molecule has 6 heteroatoms. The lowest BCUT2D eigenvalue weighted by Gasteiger charge is -2.11. The molecule has 1 fully saturated rings. The summed E-state index contributed by atoms with van der Waals surface area (Å²) in [6.07, 6.45) is 0. The van der Waals surface area contributed by atoms with E-state index in [9.17, 15) is 9.59 Å². The van der Waals surface area contributed by atoms with Gasteiger partial charge in [0.1, 0.15) is 5.75 Å². The molecular formula is C12H14N2O3S. The monoisotopic (exact) mass is 266 g/mol. The number of hydrogen-bond donors (Lipinski definition) is 1. The van der Waals surface area contributed by atoms with Crippen LogP contribution in [-0.4, -0.2) is 42.8 Å². The average molecular weight is 266 g/mol. The molecule has 0 saturated carbocycles. The molecule has 0 unspecified atom stereocenters. The molecule has 1 aliphatic heterocycles. The Bertz CT molecular complexity index is 447. The Balaban J connectivity index is 1.86. The second-order valence-electron chi connectivity index (χ2n) is 3.74. The molecule has 0 atom stereocenters. The van der Waals surface area contributed by atoms with Crippen LogP contribution >= 0.6 is 11.8 Å². The van der Waals surface area contributed by atoms with Gasteiger partial charge in [-0.2, -0.15) is 0 Å². The number of ether oxygens (including phenoxy) is 1. The van der Waals surface area contributed by atoms with E-state index in [-0.39, 0.29) is 17.7 Å². The van der Waals surface area contributed by atoms with Crippen molar-refractivity contribution >= 4 is 23.7 Å². The lowest BCUT2D eigenvalue weighted by Crippen LogP contribution is -2.35. The minimum absolute atomic E-state index is 0.161. The molecule has 96 valence electrons. The van der Waals surface area contributed by atoms with Crippen LogP contribution < -0.4 is 10.1 Å². The smallest absolute Gasteiger partial charge is 0.324 e. The maximum Gasteiger partial charge on any atom is 0.324 e. The number of carbonyl (C=O) groups is 2. The van der Waals surface area contributed by atoms with Gasteiger partial charge < -0.3 is 10.1 Å². The van der Waals surface area contributed by atoms with E-state index >= 15 is 0 Å². The molecule has 18 heavy (non-hydrogen) atoms. The van der Waals surface area contributed by atoms with Crippen molar-refractivity contribution in [1.29, 1.82) is 0 Å². The lowest BCUT2D eigenvalue weighted by molar-refractivity contribution is -0.124. The van der Waals surface area contributed by atoms with E-state index in [0.717, 1.165) is 10.6 Å². The molecule has 1 aliphatic rings. The Morgan fingerprint density at radius 3 is 2.72 bits per heavy atom. The van der Waals surface area contributed by atoms with E-state index < -0.39 is 0 Å². The van der Waals surface area contributed by atoms with Gasteiger partial charge in [-0.25, -0.2) is 4.79 Å². The molecule has 0 radical (unpaired) electrons. The summed E-state index contributed by atoms with van der Waals surface area (Å²) in [6.45, 7) is 0.999. The van der Waals surface area contributed by atoms with Gasteiger partial charge in [0.2, 0.25) is 5.91 Å². The molecule has 1 heterocycles. The molecular weight excluding hydrogens is 252 g/mol. The number of urea groups is 1. The minimum atomic E-state index is -0.296. The fraction of sp³-hybridized carbons (Fsp3) is 0.333. The SMILES string of the molecule is COc1ccc(SCC(=O)N2CCNC2=O)cc1. The van der Waals surface area contributed by atoms with Gasteiger partial charge in [0.25, 0.3) is 0 Å². The number of carbonyl (C=O) groups excluding carboxylic acids is 2. The summed E-state index contributed by atoms with van der Waals surface area (Å²) in [6, 6.07) is 7.17. The van der Waals surface area contributed by atoms with Gasteiger partial charge in [-0.05, 0) is 24.3 Å². The summed E-state index contributed by atoms with van der Waals surface area (Å²) >= 11 is 1.41. The third-order valence-electron chi connectivity index (χ3n) is 2.58. The van der Waals surface area contributed by atoms with Crippen LogP contribution in [0, 0.1) is 0 Å². The highest BCUT2D eigenvalue weighted by atomic mass is 32.2. The van der Waals surface area contributed by atoms with Crippen molar-refractivity contribution in [3.8, 4) is 5.75 Å². The van der Waals surface area contributed by atoms with Crippen molar-refractivity contribution in [2.24, 2.45) is 0 Å². The summed E-state index contributed by atoms with van der Waals surface area (Å²) in [7, 11) is 1.61. The van der Waals surface area contributed by atoms with Crippen LogP contribution in [0.5, 0.6) is 5.75 Å². The number of nitrogens with one attached hydrogen (secondary N) is 1. The van der Waals surface area contributed by atoms with Crippen molar-refractivity contribution in [2.45, 2.75) is 4.90 Å². The van der Waals surface area contributed by atoms with Crippen LogP contribution in [0.1, 0.15) is 0 Å². The van der Waals surface area contributed by atoms with Gasteiger partial charge in [-0.3, -0.25) is 9.69 Å². The average Bonchev–Trinajstić information content (AvgIpc) is 2.83. The van der Waals surface area contributed by atoms with Gasteiger partial charge in [0, 0.05) is 18.0 Å². The van der Waals surface area contributed by atoms with E-state index in [1.165, 1.54) is 16.7 Å². The highest BCUT2D eigenvalue weighted by Crippen LogP contribution is 2.21. The zero-order valence-electron chi connectivity index (χ0n) is 10.0. The number of benzene rings is 1. The van der Waals surface area contributed by atoms with E-state index in [2.05, 4.69) is 5.32 Å². The Labute approximate surface area is 109 Å². The fourth-order valence-electron chi connectivity index (χ4n) is 1.60. The third kappa shape index (κ3) is 2.95. The number of methoxy groups -OCH3 is 1. The van der Waals surface area contributed by atoms with Crippen LogP contribution in [0.15, 0.2) is 29.2 Å². The first kappa shape index (κ1) is 12.8. The number of hydrogen-bond acceptors (Lipinski definition) is 4. The van der Waals surface area contributed by atoms with Gasteiger partial charge in [-0.15, -0.1) is 11.8 Å². The Morgan fingerprint density at radius 1 is 1.44 bits per heavy atom. The molecule has 0 aliphatic carbocycles. The second kappa shape index (κ2) is 5.77. The Hall–Kier alpha value is -1.69. The first-order valence-corrected chi connectivity index (χ1v) is 6.54. The summed E-state index contributed by atoms with van der Waals surface area (Å²) in [5.41, 5.74) is 0. The predicted molar refractivity (Wildman–Crippen MR) is 68.8 cm³/mol. The summed E-state index contributed by atoms with van der Waals surface area (Å²) in [4.78, 5) is 25.3. The highest BCUT2D eigenvalue weighted by molar-refractivity contribution is 8.00. The van der Waals surface area contributed by atoms with E-state index in [1.807, 2.05) is 24.3 Å². The molecule has 1 saturated heterocycles. The van der Waals surface area contributed by atoms with Crippen LogP contribution in [0.2, 0.25) is 0 Å². The second-order valence-corrected chi connectivity index (χ2v) is 4.79. The number of rotatable bonds is 4. The molecule has 0 bridgehead atoms. The quantitative estimate of drug-likeness (QED) is 0.835. The number of imide groups is 1. The molecule has 1 aromatic carbocycles. The number of thioether (sulfide) groups is 1. The van der Waals surface area contributed by atoms with Crippen LogP contribution in [-0.2, 0) is 4.79 Å². The largest absolute Gasteiger partial charge is 0.497 e. The maximum atomic E-state index is 11.8. The molecule has 5 nitrogen and oxygen atoms in total. The molecule has 3 amide bonds. The van der Waals surface area contributed by atoms with Crippen molar-refractivity contribution in [2.75, 3.05) is 26.0 Å². The fourth-order valence-corrected chi connectivity index (χ4v) is 2.38. The molecule has 1 N–H and O–H groups in total. The van der Waals surface area contributed by atoms with Crippen molar-refractivity contribution < 1.29 is 14.3 Å². The zero-order chi connectivity index (χ0) is 13.0. The first-order chi connectivity index (χ1) is 8.70. The highest BCUT2D eigenvalue weighted by Gasteiger charge is 2.25. The molecule has 0 spiro atoms. The first-order valence-electron chi connectivity index (χ1n) is 5.56. The van der Waals surface area contributed by atoms with Gasteiger partial charge >= 0.3 is 6.03 Å². The summed E-state index contributed by atoms with van der Waals surface area (Å²) in [5.74, 6) is 0.884. The van der Waals surface area contributed by atoms with Crippen molar-refractivity contribution in [3.63, 3.8) is 0 Å². The van der Waals surface area contributed by atoms with Crippen LogP contribution in [0.25, 0.3) is 0 Å². The van der Waals surface area contributed by atoms with E-state index in [1.54, 1.807) is 7.11 Å². The molecule has 0 aromatic heterocycles. The minimum Gasteiger partial charge on any atom is -0.497 e. The zero-order valence-corrected chi connectivity index (χ0v) is 10.8. The Kier molecular flexibility index (Phi) is 4.09. The number of amides is 3. The van der Waals surface area contributed by atoms with Crippen molar-refractivity contribution in [3.05, 3.63) is 24.3 Å². The topological polar surface area (TPSA) is 58.6 Å². The standard InChI is InChI=1S/C12H14N2O3S/c1-17-9-2-4-10(5-3-9)18-8-11(15)14-7-6-13-12(14)16/h2-5H,6-8H2,1H3,(H,13,16). The normalized spacial score (nSPS) is 14.5. The number of nitrogens with zero attached hydrogens (tertiary/aromatic N) is 1. The predicted octanol–water partition coefficient (Wildman–Crippen LogP) is 1.34. The van der Waals surface area contributed by atoms with Gasteiger partial charge in [0.05, 0.1) is 12.9 Å². The van der Waals surface area contributed by atoms with Crippen LogP contribution in [0.4, 0.5) is 4.79 Å². The van der Waals surface area contributed by atoms with Crippen LogP contribution in [0.3, 0.4) is 0 Å². The lowest BCUT2D eigenvalue weighted by atomic mass is 10.3.